The molecular formula is C15H21N3O2. The topological polar surface area (TPSA) is 75.4 Å². The summed E-state index contributed by atoms with van der Waals surface area (Å²) < 4.78 is 0. The lowest BCUT2D eigenvalue weighted by molar-refractivity contribution is -0.130. The van der Waals surface area contributed by atoms with Crippen molar-refractivity contribution in [3.05, 3.63) is 35.9 Å². The van der Waals surface area contributed by atoms with E-state index < -0.39 is 0 Å². The largest absolute Gasteiger partial charge is 0.324 e. The van der Waals surface area contributed by atoms with Crippen LogP contribution in [0.3, 0.4) is 0 Å². The van der Waals surface area contributed by atoms with Crippen LogP contribution in [-0.2, 0) is 4.79 Å². The number of nitrogens with two attached hydrogens (primary N) is 1. The highest BCUT2D eigenvalue weighted by Gasteiger charge is 2.36. The highest BCUT2D eigenvalue weighted by atomic mass is 16.2. The van der Waals surface area contributed by atoms with Crippen molar-refractivity contribution in [3.8, 4) is 0 Å². The van der Waals surface area contributed by atoms with E-state index in [0.717, 1.165) is 13.0 Å². The van der Waals surface area contributed by atoms with Crippen molar-refractivity contribution in [2.45, 2.75) is 31.8 Å². The summed E-state index contributed by atoms with van der Waals surface area (Å²) >= 11 is 0. The number of rotatable bonds is 4. The number of carbonyl (C=O) groups is 2. The number of carbonyl (C=O) groups excluding carboxylic acids is 2. The molecule has 5 heteroatoms. The molecule has 2 rings (SSSR count). The fourth-order valence-electron chi connectivity index (χ4n) is 2.31. The third kappa shape index (κ3) is 3.65. The third-order valence-corrected chi connectivity index (χ3v) is 3.32. The molecule has 3 N–H and O–H groups in total. The standard InChI is InChI=1S/C15H21N3O2/c1-15(2,16)10-18-9-8-12(18)14(20)17-13(19)11-6-4-3-5-7-11/h3-7,12H,8-10,16H2,1-2H3,(H,17,19,20). The summed E-state index contributed by atoms with van der Waals surface area (Å²) in [5, 5.41) is 2.45. The van der Waals surface area contributed by atoms with Crippen LogP contribution in [0.5, 0.6) is 0 Å². The maximum absolute atomic E-state index is 12.1. The molecule has 1 unspecified atom stereocenters. The number of hydrogen-bond donors (Lipinski definition) is 2. The molecule has 2 amide bonds. The zero-order valence-electron chi connectivity index (χ0n) is 11.9. The average Bonchev–Trinajstić information content (AvgIpc) is 2.34. The summed E-state index contributed by atoms with van der Waals surface area (Å²) in [6.07, 6.45) is 0.768. The van der Waals surface area contributed by atoms with Crippen LogP contribution in [0.2, 0.25) is 0 Å². The number of benzene rings is 1. The van der Waals surface area contributed by atoms with Crippen LogP contribution < -0.4 is 11.1 Å². The first kappa shape index (κ1) is 14.7. The van der Waals surface area contributed by atoms with Crippen LogP contribution in [0.4, 0.5) is 0 Å². The van der Waals surface area contributed by atoms with E-state index in [9.17, 15) is 9.59 Å². The van der Waals surface area contributed by atoms with Crippen LogP contribution >= 0.6 is 0 Å². The lowest BCUT2D eigenvalue weighted by Crippen LogP contribution is -2.61. The SMILES string of the molecule is CC(C)(N)CN1CCC1C(=O)NC(=O)c1ccccc1. The molecule has 1 aromatic rings. The second-order valence-electron chi connectivity index (χ2n) is 5.95. The van der Waals surface area contributed by atoms with Gasteiger partial charge in [0.2, 0.25) is 5.91 Å². The van der Waals surface area contributed by atoms with Crippen LogP contribution in [0, 0.1) is 0 Å². The Bertz CT molecular complexity index is 494. The molecule has 20 heavy (non-hydrogen) atoms. The number of amides is 2. The lowest BCUT2D eigenvalue weighted by Gasteiger charge is -2.42. The van der Waals surface area contributed by atoms with Gasteiger partial charge in [-0.05, 0) is 32.4 Å². The molecule has 0 radical (unpaired) electrons. The predicted octanol–water partition coefficient (Wildman–Crippen LogP) is 0.755. The van der Waals surface area contributed by atoms with E-state index in [-0.39, 0.29) is 23.4 Å². The predicted molar refractivity (Wildman–Crippen MR) is 77.2 cm³/mol. The molecule has 1 atom stereocenters. The molecule has 1 fully saturated rings. The Morgan fingerprint density at radius 3 is 2.50 bits per heavy atom. The molecule has 1 aliphatic rings. The molecule has 1 heterocycles. The van der Waals surface area contributed by atoms with E-state index >= 15 is 0 Å². The molecule has 0 aliphatic carbocycles. The average molecular weight is 275 g/mol. The number of nitrogens with one attached hydrogen (secondary N) is 1. The monoisotopic (exact) mass is 275 g/mol. The van der Waals surface area contributed by atoms with Crippen LogP contribution in [-0.4, -0.2) is 41.4 Å². The highest BCUT2D eigenvalue weighted by Crippen LogP contribution is 2.19. The van der Waals surface area contributed by atoms with E-state index in [0.29, 0.717) is 12.1 Å². The van der Waals surface area contributed by atoms with Gasteiger partial charge in [0, 0.05) is 24.2 Å². The number of nitrogens with zero attached hydrogens (tertiary/aromatic N) is 1. The van der Waals surface area contributed by atoms with Crippen molar-refractivity contribution in [1.29, 1.82) is 0 Å². The van der Waals surface area contributed by atoms with Gasteiger partial charge in [-0.25, -0.2) is 0 Å². The second kappa shape index (κ2) is 5.73. The molecule has 0 saturated carbocycles. The highest BCUT2D eigenvalue weighted by molar-refractivity contribution is 6.06. The van der Waals surface area contributed by atoms with Crippen molar-refractivity contribution in [2.24, 2.45) is 5.73 Å². The van der Waals surface area contributed by atoms with Gasteiger partial charge in [0.05, 0.1) is 6.04 Å². The summed E-state index contributed by atoms with van der Waals surface area (Å²) in [5.41, 5.74) is 6.11. The molecule has 0 bridgehead atoms. The maximum atomic E-state index is 12.1. The summed E-state index contributed by atoms with van der Waals surface area (Å²) in [5.74, 6) is -0.594. The Morgan fingerprint density at radius 2 is 2.00 bits per heavy atom. The molecule has 1 saturated heterocycles. The fraction of sp³-hybridized carbons (Fsp3) is 0.467. The molecule has 0 spiro atoms. The summed E-state index contributed by atoms with van der Waals surface area (Å²) in [4.78, 5) is 26.0. The minimum atomic E-state index is -0.352. The van der Waals surface area contributed by atoms with Crippen molar-refractivity contribution in [3.63, 3.8) is 0 Å². The number of imide groups is 1. The smallest absolute Gasteiger partial charge is 0.257 e. The zero-order valence-corrected chi connectivity index (χ0v) is 11.9. The quantitative estimate of drug-likeness (QED) is 0.795. The maximum Gasteiger partial charge on any atom is 0.257 e. The van der Waals surface area contributed by atoms with E-state index in [4.69, 9.17) is 5.73 Å². The Labute approximate surface area is 119 Å². The summed E-state index contributed by atoms with van der Waals surface area (Å²) in [6.45, 7) is 5.34. The van der Waals surface area contributed by atoms with Gasteiger partial charge >= 0.3 is 0 Å². The van der Waals surface area contributed by atoms with Gasteiger partial charge in [0.1, 0.15) is 0 Å². The van der Waals surface area contributed by atoms with Crippen molar-refractivity contribution >= 4 is 11.8 Å². The van der Waals surface area contributed by atoms with Gasteiger partial charge in [-0.3, -0.25) is 19.8 Å². The lowest BCUT2D eigenvalue weighted by atomic mass is 9.97. The minimum Gasteiger partial charge on any atom is -0.324 e. The Morgan fingerprint density at radius 1 is 1.35 bits per heavy atom. The second-order valence-corrected chi connectivity index (χ2v) is 5.95. The van der Waals surface area contributed by atoms with Crippen molar-refractivity contribution < 1.29 is 9.59 Å². The van der Waals surface area contributed by atoms with Crippen molar-refractivity contribution in [2.75, 3.05) is 13.1 Å². The Kier molecular flexibility index (Phi) is 4.20. The van der Waals surface area contributed by atoms with Crippen LogP contribution in [0.15, 0.2) is 30.3 Å². The van der Waals surface area contributed by atoms with E-state index in [1.54, 1.807) is 24.3 Å². The van der Waals surface area contributed by atoms with Crippen LogP contribution in [0.25, 0.3) is 0 Å². The normalized spacial score (nSPS) is 19.2. The first-order valence-electron chi connectivity index (χ1n) is 6.80. The first-order valence-corrected chi connectivity index (χ1v) is 6.80. The minimum absolute atomic E-state index is 0.241. The van der Waals surface area contributed by atoms with Crippen LogP contribution in [0.1, 0.15) is 30.6 Å². The first-order chi connectivity index (χ1) is 9.37. The molecule has 0 aromatic heterocycles. The van der Waals surface area contributed by atoms with Gasteiger partial charge in [-0.1, -0.05) is 18.2 Å². The van der Waals surface area contributed by atoms with Gasteiger partial charge in [0.15, 0.2) is 0 Å². The number of likely N-dealkylation sites (tertiary alicyclic amines) is 1. The van der Waals surface area contributed by atoms with Crippen molar-refractivity contribution in [1.82, 2.24) is 10.2 Å². The molecular weight excluding hydrogens is 254 g/mol. The van der Waals surface area contributed by atoms with Gasteiger partial charge in [-0.15, -0.1) is 0 Å². The van der Waals surface area contributed by atoms with E-state index in [2.05, 4.69) is 5.32 Å². The fourth-order valence-corrected chi connectivity index (χ4v) is 2.31. The Hall–Kier alpha value is -1.72. The van der Waals surface area contributed by atoms with Gasteiger partial charge in [-0.2, -0.15) is 0 Å². The molecule has 5 nitrogen and oxygen atoms in total. The van der Waals surface area contributed by atoms with E-state index in [1.807, 2.05) is 24.8 Å². The molecule has 1 aliphatic heterocycles. The third-order valence-electron chi connectivity index (χ3n) is 3.32. The van der Waals surface area contributed by atoms with Gasteiger partial charge in [0.25, 0.3) is 5.91 Å². The van der Waals surface area contributed by atoms with Gasteiger partial charge < -0.3 is 5.73 Å². The van der Waals surface area contributed by atoms with E-state index in [1.165, 1.54) is 0 Å². The number of hydrogen-bond acceptors (Lipinski definition) is 4. The molecule has 108 valence electrons. The summed E-state index contributed by atoms with van der Waals surface area (Å²) in [7, 11) is 0. The molecule has 1 aromatic carbocycles. The summed E-state index contributed by atoms with van der Waals surface area (Å²) in [6, 6.07) is 8.49. The Balaban J connectivity index is 1.91. The zero-order chi connectivity index (χ0) is 14.8.